The third-order valence-electron chi connectivity index (χ3n) is 4.54. The summed E-state index contributed by atoms with van der Waals surface area (Å²) in [6.07, 6.45) is 3.31. The van der Waals surface area contributed by atoms with Gasteiger partial charge in [-0.1, -0.05) is 110 Å². The molecular formula is C25H25NO2. The van der Waals surface area contributed by atoms with E-state index in [1.165, 1.54) is 0 Å². The van der Waals surface area contributed by atoms with Gasteiger partial charge in [0, 0.05) is 17.5 Å². The first-order valence-corrected chi connectivity index (χ1v) is 9.77. The van der Waals surface area contributed by atoms with Gasteiger partial charge in [0.1, 0.15) is 5.71 Å². The van der Waals surface area contributed by atoms with Gasteiger partial charge in [-0.2, -0.15) is 0 Å². The van der Waals surface area contributed by atoms with Crippen molar-refractivity contribution in [2.75, 3.05) is 0 Å². The molecule has 0 bridgehead atoms. The Kier molecular flexibility index (Phi) is 7.14. The van der Waals surface area contributed by atoms with Crippen LogP contribution in [-0.2, 0) is 9.63 Å². The van der Waals surface area contributed by atoms with Crippen LogP contribution in [0.1, 0.15) is 43.7 Å². The Morgan fingerprint density at radius 1 is 0.750 bits per heavy atom. The van der Waals surface area contributed by atoms with Gasteiger partial charge in [0.2, 0.25) is 0 Å². The molecule has 0 unspecified atom stereocenters. The van der Waals surface area contributed by atoms with Gasteiger partial charge in [-0.05, 0) is 17.5 Å². The molecule has 0 radical (unpaired) electrons. The number of unbranched alkanes of at least 4 members (excludes halogenated alkanes) is 2. The molecule has 0 aliphatic rings. The van der Waals surface area contributed by atoms with Crippen molar-refractivity contribution in [3.8, 4) is 11.1 Å². The van der Waals surface area contributed by atoms with E-state index < -0.39 is 0 Å². The molecular weight excluding hydrogens is 346 g/mol. The average Bonchev–Trinajstić information content (AvgIpc) is 2.76. The summed E-state index contributed by atoms with van der Waals surface area (Å²) < 4.78 is 0. The molecule has 3 aromatic rings. The SMILES string of the molecule is CCCCCC(=O)O/N=C(\c1ccccc1)c1ccc(-c2ccccc2)cc1. The molecule has 0 atom stereocenters. The van der Waals surface area contributed by atoms with Crippen LogP contribution in [0.4, 0.5) is 0 Å². The standard InChI is InChI=1S/C25H25NO2/c1-2-3-6-15-24(27)28-26-25(22-13-9-5-10-14-22)23-18-16-21(17-19-23)20-11-7-4-8-12-20/h4-5,7-14,16-19H,2-3,6,15H2,1H3/b26-25+. The quantitative estimate of drug-likeness (QED) is 0.204. The molecule has 0 heterocycles. The highest BCUT2D eigenvalue weighted by Crippen LogP contribution is 2.21. The van der Waals surface area contributed by atoms with Crippen LogP contribution in [0.3, 0.4) is 0 Å². The number of nitrogens with zero attached hydrogens (tertiary/aromatic N) is 1. The smallest absolute Gasteiger partial charge is 0.318 e. The van der Waals surface area contributed by atoms with Crippen molar-refractivity contribution in [2.45, 2.75) is 32.6 Å². The van der Waals surface area contributed by atoms with E-state index in [0.29, 0.717) is 12.1 Å². The Morgan fingerprint density at radius 3 is 1.96 bits per heavy atom. The highest BCUT2D eigenvalue weighted by Gasteiger charge is 2.10. The highest BCUT2D eigenvalue weighted by molar-refractivity contribution is 6.12. The van der Waals surface area contributed by atoms with Crippen molar-refractivity contribution in [2.24, 2.45) is 5.16 Å². The number of hydrogen-bond acceptors (Lipinski definition) is 3. The molecule has 0 aromatic heterocycles. The normalized spacial score (nSPS) is 11.2. The molecule has 3 nitrogen and oxygen atoms in total. The zero-order valence-corrected chi connectivity index (χ0v) is 16.2. The zero-order valence-electron chi connectivity index (χ0n) is 16.2. The molecule has 3 heteroatoms. The van der Waals surface area contributed by atoms with Crippen LogP contribution in [0.2, 0.25) is 0 Å². The molecule has 0 aliphatic heterocycles. The van der Waals surface area contributed by atoms with Gasteiger partial charge in [-0.25, -0.2) is 4.79 Å². The minimum atomic E-state index is -0.289. The lowest BCUT2D eigenvalue weighted by Gasteiger charge is -2.08. The molecule has 28 heavy (non-hydrogen) atoms. The van der Waals surface area contributed by atoms with Crippen LogP contribution in [0.15, 0.2) is 90.1 Å². The lowest BCUT2D eigenvalue weighted by molar-refractivity contribution is -0.143. The summed E-state index contributed by atoms with van der Waals surface area (Å²) in [6, 6.07) is 28.2. The van der Waals surface area contributed by atoms with Gasteiger partial charge >= 0.3 is 5.97 Å². The van der Waals surface area contributed by atoms with E-state index in [9.17, 15) is 4.79 Å². The van der Waals surface area contributed by atoms with E-state index in [-0.39, 0.29) is 5.97 Å². The summed E-state index contributed by atoms with van der Waals surface area (Å²) in [5.41, 5.74) is 4.77. The first-order valence-electron chi connectivity index (χ1n) is 9.77. The molecule has 0 amide bonds. The van der Waals surface area contributed by atoms with Gasteiger partial charge in [0.15, 0.2) is 0 Å². The molecule has 3 rings (SSSR count). The number of rotatable bonds is 8. The molecule has 0 N–H and O–H groups in total. The van der Waals surface area contributed by atoms with Crippen LogP contribution in [0.25, 0.3) is 11.1 Å². The maximum absolute atomic E-state index is 12.0. The van der Waals surface area contributed by atoms with Crippen molar-refractivity contribution in [3.63, 3.8) is 0 Å². The molecule has 0 spiro atoms. The average molecular weight is 371 g/mol. The first kappa shape index (κ1) is 19.6. The molecule has 0 aliphatic carbocycles. The lowest BCUT2D eigenvalue weighted by Crippen LogP contribution is -2.07. The molecule has 0 saturated carbocycles. The maximum Gasteiger partial charge on any atom is 0.335 e. The Bertz CT molecular complexity index is 900. The second kappa shape index (κ2) is 10.2. The maximum atomic E-state index is 12.0. The summed E-state index contributed by atoms with van der Waals surface area (Å²) in [5.74, 6) is -0.289. The Labute approximate surface area is 166 Å². The van der Waals surface area contributed by atoms with E-state index in [0.717, 1.165) is 41.5 Å². The fourth-order valence-corrected chi connectivity index (χ4v) is 2.98. The predicted octanol–water partition coefficient (Wildman–Crippen LogP) is 6.23. The fourth-order valence-electron chi connectivity index (χ4n) is 2.98. The van der Waals surface area contributed by atoms with Gasteiger partial charge in [0.05, 0.1) is 0 Å². The summed E-state index contributed by atoms with van der Waals surface area (Å²) in [6.45, 7) is 2.11. The molecule has 3 aromatic carbocycles. The number of hydrogen-bond donors (Lipinski definition) is 0. The number of carbonyl (C=O) groups is 1. The molecule has 142 valence electrons. The van der Waals surface area contributed by atoms with E-state index >= 15 is 0 Å². The van der Waals surface area contributed by atoms with Gasteiger partial charge in [-0.15, -0.1) is 0 Å². The summed E-state index contributed by atoms with van der Waals surface area (Å²) >= 11 is 0. The van der Waals surface area contributed by atoms with E-state index in [2.05, 4.69) is 36.3 Å². The second-order valence-electron chi connectivity index (χ2n) is 6.67. The van der Waals surface area contributed by atoms with E-state index in [1.54, 1.807) is 0 Å². The molecule has 0 saturated heterocycles. The zero-order chi connectivity index (χ0) is 19.6. The highest BCUT2D eigenvalue weighted by atomic mass is 16.7. The van der Waals surface area contributed by atoms with Crippen LogP contribution in [-0.4, -0.2) is 11.7 Å². The number of benzene rings is 3. The topological polar surface area (TPSA) is 38.7 Å². The van der Waals surface area contributed by atoms with Gasteiger partial charge < -0.3 is 4.84 Å². The Hall–Kier alpha value is -3.20. The Balaban J connectivity index is 1.83. The summed E-state index contributed by atoms with van der Waals surface area (Å²) in [7, 11) is 0. The largest absolute Gasteiger partial charge is 0.335 e. The van der Waals surface area contributed by atoms with Crippen molar-refractivity contribution < 1.29 is 9.63 Å². The Morgan fingerprint density at radius 2 is 1.32 bits per heavy atom. The second-order valence-corrected chi connectivity index (χ2v) is 6.67. The van der Waals surface area contributed by atoms with E-state index in [1.807, 2.05) is 60.7 Å². The summed E-state index contributed by atoms with van der Waals surface area (Å²) in [5, 5.41) is 4.21. The summed E-state index contributed by atoms with van der Waals surface area (Å²) in [4.78, 5) is 17.2. The third kappa shape index (κ3) is 5.40. The van der Waals surface area contributed by atoms with Crippen molar-refractivity contribution in [1.82, 2.24) is 0 Å². The van der Waals surface area contributed by atoms with Gasteiger partial charge in [0.25, 0.3) is 0 Å². The minimum absolute atomic E-state index is 0.289. The predicted molar refractivity (Wildman–Crippen MR) is 114 cm³/mol. The van der Waals surface area contributed by atoms with Crippen molar-refractivity contribution in [1.29, 1.82) is 0 Å². The van der Waals surface area contributed by atoms with Crippen molar-refractivity contribution >= 4 is 11.7 Å². The number of oxime groups is 1. The minimum Gasteiger partial charge on any atom is -0.318 e. The van der Waals surface area contributed by atoms with Crippen LogP contribution >= 0.6 is 0 Å². The van der Waals surface area contributed by atoms with Crippen LogP contribution < -0.4 is 0 Å². The lowest BCUT2D eigenvalue weighted by atomic mass is 9.99. The monoisotopic (exact) mass is 371 g/mol. The van der Waals surface area contributed by atoms with Crippen LogP contribution in [0.5, 0.6) is 0 Å². The van der Waals surface area contributed by atoms with Crippen molar-refractivity contribution in [3.05, 3.63) is 96.1 Å². The molecule has 0 fully saturated rings. The third-order valence-corrected chi connectivity index (χ3v) is 4.54. The van der Waals surface area contributed by atoms with Crippen LogP contribution in [0, 0.1) is 0 Å². The fraction of sp³-hybridized carbons (Fsp3) is 0.200. The first-order chi connectivity index (χ1) is 13.8. The van der Waals surface area contributed by atoms with Gasteiger partial charge in [-0.3, -0.25) is 0 Å². The number of carbonyl (C=O) groups excluding carboxylic acids is 1. The van der Waals surface area contributed by atoms with E-state index in [4.69, 9.17) is 4.84 Å².